The van der Waals surface area contributed by atoms with E-state index in [1.165, 1.54) is 29.8 Å². The lowest BCUT2D eigenvalue weighted by molar-refractivity contribution is 0.0969. The predicted octanol–water partition coefficient (Wildman–Crippen LogP) is 9.92. The van der Waals surface area contributed by atoms with Gasteiger partial charge in [0.1, 0.15) is 39.5 Å². The fraction of sp³-hybridized carbons (Fsp3) is 0.378. The van der Waals surface area contributed by atoms with E-state index in [9.17, 15) is 24.0 Å². The molecule has 1 saturated carbocycles. The Bertz CT molecular complexity index is 6940. The van der Waals surface area contributed by atoms with Crippen molar-refractivity contribution in [3.05, 3.63) is 251 Å². The summed E-state index contributed by atoms with van der Waals surface area (Å²) in [4.78, 5) is 122. The van der Waals surface area contributed by atoms with Crippen molar-refractivity contribution < 1.29 is 0 Å². The van der Waals surface area contributed by atoms with Crippen molar-refractivity contribution in [3.63, 3.8) is 0 Å². The first-order chi connectivity index (χ1) is 58.5. The Labute approximate surface area is 696 Å². The molecular formula is C90H100N26O5. The van der Waals surface area contributed by atoms with Crippen LogP contribution in [-0.2, 0) is 6.42 Å². The third-order valence-corrected chi connectivity index (χ3v) is 24.7. The van der Waals surface area contributed by atoms with Crippen molar-refractivity contribution in [1.82, 2.24) is 115 Å². The van der Waals surface area contributed by atoms with Crippen molar-refractivity contribution in [1.29, 1.82) is 0 Å². The molecule has 1 N–H and O–H groups in total. The van der Waals surface area contributed by atoms with E-state index >= 15 is 0 Å². The summed E-state index contributed by atoms with van der Waals surface area (Å²) in [5.41, 5.74) is 18.6. The van der Waals surface area contributed by atoms with Crippen molar-refractivity contribution in [3.8, 4) is 45.3 Å². The number of imidazole rings is 2. The third-order valence-electron chi connectivity index (χ3n) is 24.7. The Hall–Kier alpha value is -12.8. The first kappa shape index (κ1) is 79.3. The highest BCUT2D eigenvalue weighted by atomic mass is 16.1. The van der Waals surface area contributed by atoms with Crippen LogP contribution in [0.25, 0.3) is 90.2 Å². The molecule has 0 unspecified atom stereocenters. The van der Waals surface area contributed by atoms with Crippen molar-refractivity contribution in [2.75, 3.05) is 95.9 Å². The van der Waals surface area contributed by atoms with E-state index in [0.717, 1.165) is 184 Å². The van der Waals surface area contributed by atoms with Gasteiger partial charge >= 0.3 is 0 Å². The lowest BCUT2D eigenvalue weighted by atomic mass is 9.87. The van der Waals surface area contributed by atoms with Crippen LogP contribution < -0.4 is 37.6 Å². The number of aryl methyl sites for hydroxylation is 5. The molecule has 0 radical (unpaired) electrons. The zero-order valence-corrected chi connectivity index (χ0v) is 70.1. The first-order valence-electron chi connectivity index (χ1n) is 42.1. The average Bonchev–Trinajstić information content (AvgIpc) is 1.77. The second-order valence-electron chi connectivity index (χ2n) is 33.4. The molecule has 5 aliphatic rings. The molecule has 0 bridgehead atoms. The van der Waals surface area contributed by atoms with Crippen LogP contribution in [0.5, 0.6) is 0 Å². The standard InChI is InChI=1S/C24H26N6O.C23H27N7O.C23H26N6O.C20H21N7O2/c1-16-13-29-14-18(5-6-22(29)26-16)20-11-24(31)30-15-21(25-12-23(30)27-20)17-7-9-28(10-8-17)19-3-2-4-19;1-5-18-21-10-20(26-30(21)12-15(2)24-18)19-11-23(31)29-14-17(6-7-22(29)25-19)28-9-8-27(4)16(3)13-28;1-15(2)27-8-6-17(7-9-27)20-14-29-22(11-24-20)26-19(10-23(29)30)18-4-5-21-25-16(3)12-28(21)13-18;1-13-11-27-17(20(29)21-13)9-16(23-27)15-10-19(28)26-12-14(3-4-18(26)22-15)25-7-5-24(2)6-8-25/h5-6,11-15,17,19H,2-4,7-10H2,1H3;6-7,10-12,14,16H,5,8-9,13H2,1-4H3;4-5,10-15,17H,6-9H2,1-3H3;3-4,9-12H,5-8H2,1-2H3,(H,21,29)/t;16-;;/m.1../s1. The Kier molecular flexibility index (Phi) is 21.7. The smallest absolute Gasteiger partial charge is 0.274 e. The number of H-pyrrole nitrogens is 1. The summed E-state index contributed by atoms with van der Waals surface area (Å²) in [6.07, 6.45) is 31.8. The lowest BCUT2D eigenvalue weighted by Gasteiger charge is -2.41. The summed E-state index contributed by atoms with van der Waals surface area (Å²) in [6, 6.07) is 27.3. The molecule has 0 spiro atoms. The average molecular weight is 1630 g/mol. The number of anilines is 2. The summed E-state index contributed by atoms with van der Waals surface area (Å²) >= 11 is 0. The minimum Gasteiger partial charge on any atom is -0.368 e. The number of piperidine rings is 2. The van der Waals surface area contributed by atoms with E-state index < -0.39 is 0 Å². The number of nitrogens with zero attached hydrogens (tertiary/aromatic N) is 25. The van der Waals surface area contributed by atoms with Gasteiger partial charge < -0.3 is 43.2 Å². The molecule has 20 heterocycles. The van der Waals surface area contributed by atoms with Gasteiger partial charge in [-0.2, -0.15) is 10.2 Å². The highest BCUT2D eigenvalue weighted by Crippen LogP contribution is 2.34. The summed E-state index contributed by atoms with van der Waals surface area (Å²) in [6.45, 7) is 27.6. The van der Waals surface area contributed by atoms with Gasteiger partial charge in [0.2, 0.25) is 0 Å². The van der Waals surface area contributed by atoms with Crippen molar-refractivity contribution >= 4 is 56.3 Å². The maximum atomic E-state index is 13.0. The second-order valence-corrected chi connectivity index (χ2v) is 33.4. The van der Waals surface area contributed by atoms with E-state index in [4.69, 9.17) is 19.9 Å². The largest absolute Gasteiger partial charge is 0.368 e. The quantitative estimate of drug-likeness (QED) is 0.126. The molecular weight excluding hydrogens is 1530 g/mol. The number of likely N-dealkylation sites (N-methyl/N-ethyl adjacent to an activating group) is 2. The minimum atomic E-state index is -0.224. The van der Waals surface area contributed by atoms with E-state index in [-0.39, 0.29) is 27.8 Å². The van der Waals surface area contributed by atoms with Crippen LogP contribution in [0.2, 0.25) is 0 Å². The molecule has 16 aromatic heterocycles. The normalized spacial score (nSPS) is 17.0. The fourth-order valence-electron chi connectivity index (χ4n) is 17.3. The SMILES string of the molecule is CCc1nc(C)cn2nc(-c3cc(=O)n4cc(N5CCN(C)[C@H](C)C5)ccc4n3)cc12.Cc1cn2cc(-c3cc(=O)n4cc(C5CCN(C(C)C)CC5)ncc4n3)ccc2n1.Cc1cn2cc(-c3cc(=O)n4cc(C5CCN(C6CCC6)CC5)ncc4n3)ccc2n1.Cc1cn2nc(-c3cc(=O)n4cc(N5CCN(C)CC5)ccc4n3)cc2c(=O)[nH]1. The van der Waals surface area contributed by atoms with Gasteiger partial charge in [0.05, 0.1) is 92.4 Å². The Balaban J connectivity index is 0.000000110. The van der Waals surface area contributed by atoms with Crippen LogP contribution in [0.1, 0.15) is 124 Å². The molecule has 121 heavy (non-hydrogen) atoms. The van der Waals surface area contributed by atoms with E-state index in [0.29, 0.717) is 91.9 Å². The van der Waals surface area contributed by atoms with Crippen molar-refractivity contribution in [2.45, 2.75) is 137 Å². The molecule has 5 fully saturated rings. The zero-order chi connectivity index (χ0) is 83.6. The van der Waals surface area contributed by atoms with Gasteiger partial charge in [-0.3, -0.25) is 56.5 Å². The van der Waals surface area contributed by atoms with Crippen LogP contribution in [0.3, 0.4) is 0 Å². The highest BCUT2D eigenvalue weighted by Gasteiger charge is 2.31. The Morgan fingerprint density at radius 2 is 0.909 bits per heavy atom. The van der Waals surface area contributed by atoms with Crippen LogP contribution in [0.15, 0.2) is 183 Å². The number of piperazine rings is 2. The topological polar surface area (TPSA) is 298 Å². The summed E-state index contributed by atoms with van der Waals surface area (Å²) in [7, 11) is 4.26. The van der Waals surface area contributed by atoms with Gasteiger partial charge in [-0.25, -0.2) is 38.9 Å². The van der Waals surface area contributed by atoms with E-state index in [2.05, 4.69) is 117 Å². The van der Waals surface area contributed by atoms with Crippen molar-refractivity contribution in [2.24, 2.45) is 0 Å². The molecule has 16 aromatic rings. The highest BCUT2D eigenvalue weighted by molar-refractivity contribution is 5.69. The molecule has 1 atom stereocenters. The first-order valence-corrected chi connectivity index (χ1v) is 42.1. The van der Waals surface area contributed by atoms with Gasteiger partial charge in [0.25, 0.3) is 27.8 Å². The number of nitrogens with one attached hydrogen (secondary N) is 1. The molecule has 21 rings (SSSR count). The minimum absolute atomic E-state index is 0.0718. The zero-order valence-electron chi connectivity index (χ0n) is 70.1. The number of fused-ring (bicyclic) bond motifs is 8. The fourth-order valence-corrected chi connectivity index (χ4v) is 17.3. The van der Waals surface area contributed by atoms with Crippen LogP contribution in [-0.4, -0.2) is 219 Å². The maximum absolute atomic E-state index is 13.0. The van der Waals surface area contributed by atoms with Gasteiger partial charge in [-0.05, 0) is 194 Å². The molecule has 0 amide bonds. The number of aromatic amines is 1. The van der Waals surface area contributed by atoms with Crippen LogP contribution in [0.4, 0.5) is 11.4 Å². The maximum Gasteiger partial charge on any atom is 0.274 e. The predicted molar refractivity (Wildman–Crippen MR) is 469 cm³/mol. The molecule has 620 valence electrons. The molecule has 31 nitrogen and oxygen atoms in total. The summed E-state index contributed by atoms with van der Waals surface area (Å²) < 4.78 is 13.7. The van der Waals surface area contributed by atoms with E-state index in [1.54, 1.807) is 67.4 Å². The molecule has 4 saturated heterocycles. The number of hydrogen-bond donors (Lipinski definition) is 1. The van der Waals surface area contributed by atoms with Gasteiger partial charge in [-0.1, -0.05) is 13.3 Å². The number of likely N-dealkylation sites (tertiary alicyclic amines) is 2. The van der Waals surface area contributed by atoms with Gasteiger partial charge in [0, 0.05) is 173 Å². The molecule has 1 aliphatic carbocycles. The summed E-state index contributed by atoms with van der Waals surface area (Å²) in [5.74, 6) is 0.807. The molecule has 0 aromatic carbocycles. The Morgan fingerprint density at radius 1 is 0.438 bits per heavy atom. The number of pyridine rings is 4. The Morgan fingerprint density at radius 3 is 1.42 bits per heavy atom. The van der Waals surface area contributed by atoms with Crippen LogP contribution in [0, 0.1) is 27.7 Å². The van der Waals surface area contributed by atoms with E-state index in [1.807, 2.05) is 138 Å². The number of rotatable bonds is 11. The molecule has 31 heteroatoms. The number of hydrogen-bond acceptors (Lipinski definition) is 22. The van der Waals surface area contributed by atoms with Crippen LogP contribution >= 0.6 is 0 Å². The molecule has 4 aliphatic heterocycles. The monoisotopic (exact) mass is 1620 g/mol. The second kappa shape index (κ2) is 33.0. The number of aromatic nitrogens is 20. The third kappa shape index (κ3) is 16.5. The summed E-state index contributed by atoms with van der Waals surface area (Å²) in [5, 5.41) is 9.08. The lowest BCUT2D eigenvalue weighted by Crippen LogP contribution is -2.50. The van der Waals surface area contributed by atoms with Gasteiger partial charge in [-0.15, -0.1) is 0 Å². The van der Waals surface area contributed by atoms with Gasteiger partial charge in [0.15, 0.2) is 11.3 Å².